The lowest BCUT2D eigenvalue weighted by atomic mass is 10.1. The topological polar surface area (TPSA) is 85.9 Å². The monoisotopic (exact) mass is 582 g/mol. The van der Waals surface area contributed by atoms with E-state index < -0.39 is 7.82 Å². The van der Waals surface area contributed by atoms with Gasteiger partial charge in [0, 0.05) is 17.9 Å². The Morgan fingerprint density at radius 1 is 0.805 bits per heavy atom. The summed E-state index contributed by atoms with van der Waals surface area (Å²) in [6.45, 7) is 13.2. The molecule has 0 aromatic heterocycles. The zero-order valence-electron chi connectivity index (χ0n) is 25.5. The summed E-state index contributed by atoms with van der Waals surface area (Å²) < 4.78 is 28.2. The Hall–Kier alpha value is -2.96. The molecule has 0 bridgehead atoms. The van der Waals surface area contributed by atoms with E-state index in [1.54, 1.807) is 44.2 Å². The van der Waals surface area contributed by atoms with Crippen LogP contribution in [-0.2, 0) is 24.7 Å². The van der Waals surface area contributed by atoms with Crippen LogP contribution >= 0.6 is 7.82 Å². The third-order valence-corrected chi connectivity index (χ3v) is 7.81. The lowest BCUT2D eigenvalue weighted by Gasteiger charge is -2.16. The molecule has 2 N–H and O–H groups in total. The summed E-state index contributed by atoms with van der Waals surface area (Å²) in [5.74, 6) is -0.205. The summed E-state index contributed by atoms with van der Waals surface area (Å²) >= 11 is 0. The summed E-state index contributed by atoms with van der Waals surface area (Å²) in [6.07, 6.45) is 11.1. The molecule has 41 heavy (non-hydrogen) atoms. The molecule has 2 aromatic carbocycles. The molecule has 2 rings (SSSR count). The van der Waals surface area contributed by atoms with Crippen molar-refractivity contribution in [2.45, 2.75) is 73.8 Å². The van der Waals surface area contributed by atoms with Crippen molar-refractivity contribution in [3.8, 4) is 0 Å². The van der Waals surface area contributed by atoms with Crippen LogP contribution in [0.15, 0.2) is 83.5 Å². The molecule has 0 atom stereocenters. The van der Waals surface area contributed by atoms with Gasteiger partial charge in [0.2, 0.25) is 0 Å². The van der Waals surface area contributed by atoms with Crippen LogP contribution < -0.4 is 10.6 Å². The Morgan fingerprint density at radius 2 is 1.41 bits per heavy atom. The second kappa shape index (κ2) is 18.5. The van der Waals surface area contributed by atoms with Crippen molar-refractivity contribution in [3.05, 3.63) is 94.6 Å². The van der Waals surface area contributed by atoms with Crippen LogP contribution in [0.2, 0.25) is 0 Å². The largest absolute Gasteiger partial charge is 0.475 e. The fourth-order valence-corrected chi connectivity index (χ4v) is 5.14. The Bertz CT molecular complexity index is 1220. The summed E-state index contributed by atoms with van der Waals surface area (Å²) in [6, 6.07) is 14.6. The predicted molar refractivity (Wildman–Crippen MR) is 170 cm³/mol. The quantitative estimate of drug-likeness (QED) is 0.134. The van der Waals surface area contributed by atoms with Gasteiger partial charge in [0.25, 0.3) is 5.91 Å². The van der Waals surface area contributed by atoms with Gasteiger partial charge in [-0.15, -0.1) is 0 Å². The summed E-state index contributed by atoms with van der Waals surface area (Å²) in [5.41, 5.74) is 6.88. The maximum Gasteiger partial charge on any atom is 0.475 e. The number of phosphoric acid groups is 1. The number of hydrogen-bond donors (Lipinski definition) is 2. The maximum atomic E-state index is 13.1. The van der Waals surface area contributed by atoms with Crippen LogP contribution in [-0.4, -0.2) is 25.7 Å². The van der Waals surface area contributed by atoms with Gasteiger partial charge in [0.1, 0.15) is 0 Å². The van der Waals surface area contributed by atoms with Gasteiger partial charge in [-0.1, -0.05) is 59.2 Å². The summed E-state index contributed by atoms with van der Waals surface area (Å²) in [7, 11) is -3.58. The number of phosphoric ester groups is 1. The number of carbonyl (C=O) groups excluding carboxylic acids is 1. The summed E-state index contributed by atoms with van der Waals surface area (Å²) in [4.78, 5) is 13.1. The van der Waals surface area contributed by atoms with Crippen LogP contribution in [0.1, 0.15) is 83.1 Å². The highest BCUT2D eigenvalue weighted by Gasteiger charge is 2.25. The second-order valence-electron chi connectivity index (χ2n) is 10.1. The third-order valence-electron chi connectivity index (χ3n) is 6.21. The van der Waals surface area contributed by atoms with Crippen LogP contribution in [0.25, 0.3) is 0 Å². The molecule has 0 spiro atoms. The van der Waals surface area contributed by atoms with E-state index in [-0.39, 0.29) is 25.7 Å². The number of benzene rings is 2. The van der Waals surface area contributed by atoms with Crippen molar-refractivity contribution in [1.29, 1.82) is 0 Å². The normalized spacial score (nSPS) is 12.2. The molecule has 2 aromatic rings. The van der Waals surface area contributed by atoms with E-state index in [9.17, 15) is 9.36 Å². The first-order valence-corrected chi connectivity index (χ1v) is 15.8. The molecular weight excluding hydrogens is 535 g/mol. The average Bonchev–Trinajstić information content (AvgIpc) is 2.93. The van der Waals surface area contributed by atoms with Gasteiger partial charge >= 0.3 is 7.82 Å². The number of hydrogen-bond acceptors (Lipinski definition) is 6. The van der Waals surface area contributed by atoms with Gasteiger partial charge in [-0.2, -0.15) is 0 Å². The van der Waals surface area contributed by atoms with Crippen molar-refractivity contribution in [3.63, 3.8) is 0 Å². The number of rotatable bonds is 18. The predicted octanol–water partition coefficient (Wildman–Crippen LogP) is 9.47. The zero-order chi connectivity index (χ0) is 30.1. The Morgan fingerprint density at radius 3 is 2.05 bits per heavy atom. The molecule has 8 heteroatoms. The number of carbonyl (C=O) groups is 1. The Labute approximate surface area is 246 Å². The molecule has 0 saturated carbocycles. The van der Waals surface area contributed by atoms with Gasteiger partial charge in [-0.3, -0.25) is 18.4 Å². The van der Waals surface area contributed by atoms with Crippen molar-refractivity contribution < 1.29 is 22.9 Å². The van der Waals surface area contributed by atoms with E-state index in [1.807, 2.05) is 18.2 Å². The maximum absolute atomic E-state index is 13.1. The molecule has 0 aliphatic carbocycles. The molecule has 224 valence electrons. The second-order valence-corrected chi connectivity index (χ2v) is 11.8. The Kier molecular flexibility index (Phi) is 15.4. The van der Waals surface area contributed by atoms with E-state index in [2.05, 4.69) is 56.6 Å². The van der Waals surface area contributed by atoms with Crippen molar-refractivity contribution >= 4 is 25.1 Å². The average molecular weight is 583 g/mol. The van der Waals surface area contributed by atoms with Crippen molar-refractivity contribution in [2.24, 2.45) is 0 Å². The summed E-state index contributed by atoms with van der Waals surface area (Å²) in [5, 5.41) is 6.33. The van der Waals surface area contributed by atoms with Crippen LogP contribution in [0.3, 0.4) is 0 Å². The molecule has 0 aliphatic rings. The molecule has 0 radical (unpaired) electrons. The van der Waals surface area contributed by atoms with Gasteiger partial charge in [-0.25, -0.2) is 4.57 Å². The fourth-order valence-electron chi connectivity index (χ4n) is 3.97. The highest BCUT2D eigenvalue weighted by Crippen LogP contribution is 2.49. The number of nitrogens with one attached hydrogen (secondary N) is 2. The van der Waals surface area contributed by atoms with Gasteiger partial charge < -0.3 is 10.6 Å². The van der Waals surface area contributed by atoms with Crippen LogP contribution in [0, 0.1) is 0 Å². The number of anilines is 2. The van der Waals surface area contributed by atoms with Crippen LogP contribution in [0.4, 0.5) is 11.4 Å². The lowest BCUT2D eigenvalue weighted by Crippen LogP contribution is -2.15. The zero-order valence-corrected chi connectivity index (χ0v) is 26.4. The lowest BCUT2D eigenvalue weighted by molar-refractivity contribution is 0.102. The standard InChI is InChI=1S/C33H47N2O5P/c1-7-38-41(37,39-8-2)40-25-29-19-21-30(22-20-29)35-33(36)31-17-9-10-18-32(31)34-24-23-28(6)16-12-15-27(5)14-11-13-26(3)4/h9-10,13,15,17-23,34H,7-8,11-12,14,16,24-25H2,1-6H3,(H,35,36)/b27-15+,28-23+. The molecular formula is C33H47N2O5P. The minimum Gasteiger partial charge on any atom is -0.381 e. The molecule has 1 amide bonds. The number of para-hydroxylation sites is 1. The first-order valence-electron chi connectivity index (χ1n) is 14.4. The number of amides is 1. The van der Waals surface area contributed by atoms with Crippen molar-refractivity contribution in [1.82, 2.24) is 0 Å². The minimum atomic E-state index is -3.58. The first-order chi connectivity index (χ1) is 19.7. The highest BCUT2D eigenvalue weighted by molar-refractivity contribution is 7.48. The molecule has 0 saturated heterocycles. The van der Waals surface area contributed by atoms with E-state index in [4.69, 9.17) is 13.6 Å². The molecule has 0 aliphatic heterocycles. The molecule has 0 heterocycles. The van der Waals surface area contributed by atoms with Gasteiger partial charge in [-0.05, 0) is 97.1 Å². The first kappa shape index (κ1) is 34.2. The van der Waals surface area contributed by atoms with E-state index in [1.165, 1.54) is 16.7 Å². The van der Waals surface area contributed by atoms with Crippen LogP contribution in [0.5, 0.6) is 0 Å². The van der Waals surface area contributed by atoms with E-state index in [0.29, 0.717) is 17.8 Å². The van der Waals surface area contributed by atoms with Crippen molar-refractivity contribution in [2.75, 3.05) is 30.4 Å². The smallest absolute Gasteiger partial charge is 0.381 e. The number of allylic oxidation sites excluding steroid dienone is 5. The molecule has 0 unspecified atom stereocenters. The minimum absolute atomic E-state index is 0.0668. The highest BCUT2D eigenvalue weighted by atomic mass is 31.2. The SMILES string of the molecule is CCOP(=O)(OCC)OCc1ccc(NC(=O)c2ccccc2NC/C=C(\C)CC/C=C(\C)CCC=C(C)C)cc1. The molecule has 7 nitrogen and oxygen atoms in total. The third kappa shape index (κ3) is 13.5. The van der Waals surface area contributed by atoms with Gasteiger partial charge in [0.15, 0.2) is 0 Å². The fraction of sp³-hybridized carbons (Fsp3) is 0.424. The van der Waals surface area contributed by atoms with Gasteiger partial charge in [0.05, 0.1) is 25.4 Å². The van der Waals surface area contributed by atoms with E-state index >= 15 is 0 Å². The van der Waals surface area contributed by atoms with E-state index in [0.717, 1.165) is 36.9 Å². The Balaban J connectivity index is 1.89. The molecule has 0 fully saturated rings.